The van der Waals surface area contributed by atoms with Crippen LogP contribution in [0.25, 0.3) is 11.2 Å². The first-order valence-corrected chi connectivity index (χ1v) is 8.15. The number of nitrogens with zero attached hydrogens (tertiary/aromatic N) is 4. The number of aryl methyl sites for hydroxylation is 2. The summed E-state index contributed by atoms with van der Waals surface area (Å²) in [6.45, 7) is 7.02. The number of rotatable bonds is 3. The molecule has 116 valence electrons. The highest BCUT2D eigenvalue weighted by Gasteiger charge is 2.29. The van der Waals surface area contributed by atoms with E-state index < -0.39 is 0 Å². The first kappa shape index (κ1) is 14.9. The van der Waals surface area contributed by atoms with Crippen molar-refractivity contribution in [2.24, 2.45) is 7.05 Å². The van der Waals surface area contributed by atoms with Gasteiger partial charge >= 0.3 is 0 Å². The Morgan fingerprint density at radius 3 is 2.86 bits per heavy atom. The lowest BCUT2D eigenvalue weighted by molar-refractivity contribution is 0.00601. The summed E-state index contributed by atoms with van der Waals surface area (Å²) in [5, 5.41) is 4.49. The van der Waals surface area contributed by atoms with Crippen LogP contribution in [0, 0.1) is 0 Å². The van der Waals surface area contributed by atoms with Crippen molar-refractivity contribution in [2.45, 2.75) is 57.6 Å². The summed E-state index contributed by atoms with van der Waals surface area (Å²) in [6, 6.07) is 0.384. The molecule has 3 atom stereocenters. The van der Waals surface area contributed by atoms with Crippen molar-refractivity contribution in [3.8, 4) is 0 Å². The molecule has 1 aliphatic heterocycles. The standard InChI is InChI=1S/C15H23ClN4O/c1-5-12-13-15(19(4)18-12)20(14(17-13)10(3)16)11-6-7-21-9(2)8-11/h9-11H,5-8H2,1-4H3. The molecule has 0 spiro atoms. The predicted octanol–water partition coefficient (Wildman–Crippen LogP) is 3.37. The van der Waals surface area contributed by atoms with Gasteiger partial charge in [0.2, 0.25) is 0 Å². The molecule has 0 saturated carbocycles. The highest BCUT2D eigenvalue weighted by molar-refractivity contribution is 6.20. The first-order chi connectivity index (χ1) is 10.0. The van der Waals surface area contributed by atoms with E-state index in [-0.39, 0.29) is 11.5 Å². The maximum Gasteiger partial charge on any atom is 0.158 e. The summed E-state index contributed by atoms with van der Waals surface area (Å²) in [5.74, 6) is 0.952. The van der Waals surface area contributed by atoms with Crippen LogP contribution in [0.4, 0.5) is 0 Å². The summed E-state index contributed by atoms with van der Waals surface area (Å²) in [6.07, 6.45) is 3.15. The predicted molar refractivity (Wildman–Crippen MR) is 83.8 cm³/mol. The minimum absolute atomic E-state index is 0.111. The van der Waals surface area contributed by atoms with Crippen LogP contribution in [0.3, 0.4) is 0 Å². The van der Waals surface area contributed by atoms with Gasteiger partial charge in [-0.25, -0.2) is 4.98 Å². The zero-order valence-corrected chi connectivity index (χ0v) is 13.9. The third kappa shape index (κ3) is 2.46. The maximum atomic E-state index is 6.40. The summed E-state index contributed by atoms with van der Waals surface area (Å²) in [5.41, 5.74) is 3.14. The van der Waals surface area contributed by atoms with Crippen LogP contribution >= 0.6 is 11.6 Å². The molecule has 1 saturated heterocycles. The number of hydrogen-bond donors (Lipinski definition) is 0. The molecule has 2 aromatic rings. The van der Waals surface area contributed by atoms with Crippen molar-refractivity contribution >= 4 is 22.8 Å². The largest absolute Gasteiger partial charge is 0.378 e. The van der Waals surface area contributed by atoms with E-state index in [1.807, 2.05) is 18.7 Å². The van der Waals surface area contributed by atoms with Crippen molar-refractivity contribution in [1.82, 2.24) is 19.3 Å². The quantitative estimate of drug-likeness (QED) is 0.816. The highest BCUT2D eigenvalue weighted by Crippen LogP contribution is 2.34. The van der Waals surface area contributed by atoms with Gasteiger partial charge in [0.25, 0.3) is 0 Å². The number of aromatic nitrogens is 4. The lowest BCUT2D eigenvalue weighted by atomic mass is 10.0. The second-order valence-corrected chi connectivity index (χ2v) is 6.57. The molecule has 2 aromatic heterocycles. The van der Waals surface area contributed by atoms with E-state index in [0.717, 1.165) is 48.6 Å². The Balaban J connectivity index is 2.18. The summed E-state index contributed by atoms with van der Waals surface area (Å²) in [7, 11) is 1.99. The van der Waals surface area contributed by atoms with Gasteiger partial charge in [0, 0.05) is 19.7 Å². The van der Waals surface area contributed by atoms with Gasteiger partial charge in [0.15, 0.2) is 5.65 Å². The Morgan fingerprint density at radius 1 is 1.48 bits per heavy atom. The van der Waals surface area contributed by atoms with Crippen LogP contribution in [0.15, 0.2) is 0 Å². The Labute approximate surface area is 130 Å². The average molecular weight is 311 g/mol. The summed E-state index contributed by atoms with van der Waals surface area (Å²) < 4.78 is 9.94. The van der Waals surface area contributed by atoms with E-state index in [9.17, 15) is 0 Å². The van der Waals surface area contributed by atoms with Crippen LogP contribution in [0.2, 0.25) is 0 Å². The molecule has 1 aliphatic rings. The monoisotopic (exact) mass is 310 g/mol. The van der Waals surface area contributed by atoms with E-state index in [4.69, 9.17) is 21.3 Å². The number of hydrogen-bond acceptors (Lipinski definition) is 3. The summed E-state index contributed by atoms with van der Waals surface area (Å²) in [4.78, 5) is 4.81. The molecule has 6 heteroatoms. The van der Waals surface area contributed by atoms with E-state index >= 15 is 0 Å². The number of imidazole rings is 1. The normalized spacial score (nSPS) is 24.6. The van der Waals surface area contributed by atoms with Gasteiger partial charge < -0.3 is 9.30 Å². The zero-order valence-electron chi connectivity index (χ0n) is 13.1. The topological polar surface area (TPSA) is 44.9 Å². The Bertz CT molecular complexity index is 646. The smallest absolute Gasteiger partial charge is 0.158 e. The van der Waals surface area contributed by atoms with Gasteiger partial charge in [0.1, 0.15) is 11.3 Å². The third-order valence-electron chi connectivity index (χ3n) is 4.28. The molecule has 0 aliphatic carbocycles. The van der Waals surface area contributed by atoms with E-state index in [1.165, 1.54) is 0 Å². The van der Waals surface area contributed by atoms with Gasteiger partial charge in [-0.15, -0.1) is 11.6 Å². The molecular formula is C15H23ClN4O. The van der Waals surface area contributed by atoms with Crippen LogP contribution in [0.1, 0.15) is 56.6 Å². The molecule has 0 radical (unpaired) electrons. The third-order valence-corrected chi connectivity index (χ3v) is 4.47. The molecule has 5 nitrogen and oxygen atoms in total. The maximum absolute atomic E-state index is 6.40. The molecule has 3 rings (SSSR count). The van der Waals surface area contributed by atoms with Gasteiger partial charge in [-0.2, -0.15) is 5.10 Å². The van der Waals surface area contributed by atoms with E-state index in [1.54, 1.807) is 0 Å². The van der Waals surface area contributed by atoms with Gasteiger partial charge in [0.05, 0.1) is 17.2 Å². The number of ether oxygens (including phenoxy) is 1. The van der Waals surface area contributed by atoms with Crippen molar-refractivity contribution in [3.05, 3.63) is 11.5 Å². The second kappa shape index (κ2) is 5.61. The van der Waals surface area contributed by atoms with Crippen molar-refractivity contribution in [3.63, 3.8) is 0 Å². The van der Waals surface area contributed by atoms with Crippen LogP contribution in [0.5, 0.6) is 0 Å². The first-order valence-electron chi connectivity index (χ1n) is 7.72. The number of fused-ring (bicyclic) bond motifs is 1. The molecular weight excluding hydrogens is 288 g/mol. The molecule has 21 heavy (non-hydrogen) atoms. The molecule has 1 fully saturated rings. The zero-order chi connectivity index (χ0) is 15.1. The van der Waals surface area contributed by atoms with Crippen molar-refractivity contribution in [1.29, 1.82) is 0 Å². The molecule has 0 bridgehead atoms. The average Bonchev–Trinajstić information content (AvgIpc) is 2.97. The second-order valence-electron chi connectivity index (χ2n) is 5.91. The van der Waals surface area contributed by atoms with E-state index in [2.05, 4.69) is 23.5 Å². The van der Waals surface area contributed by atoms with Crippen LogP contribution in [-0.4, -0.2) is 32.0 Å². The van der Waals surface area contributed by atoms with Crippen LogP contribution in [-0.2, 0) is 18.2 Å². The number of halogens is 1. The molecule has 3 unspecified atom stereocenters. The van der Waals surface area contributed by atoms with Gasteiger partial charge in [-0.3, -0.25) is 4.68 Å². The highest BCUT2D eigenvalue weighted by atomic mass is 35.5. The number of alkyl halides is 1. The molecule has 0 N–H and O–H groups in total. The molecule has 0 aromatic carbocycles. The van der Waals surface area contributed by atoms with Crippen LogP contribution < -0.4 is 0 Å². The fourth-order valence-electron chi connectivity index (χ4n) is 3.31. The minimum atomic E-state index is -0.111. The van der Waals surface area contributed by atoms with Crippen molar-refractivity contribution < 1.29 is 4.74 Å². The van der Waals surface area contributed by atoms with E-state index in [0.29, 0.717) is 6.04 Å². The molecule has 3 heterocycles. The summed E-state index contributed by atoms with van der Waals surface area (Å²) >= 11 is 6.40. The van der Waals surface area contributed by atoms with Gasteiger partial charge in [-0.1, -0.05) is 6.92 Å². The Kier molecular flexibility index (Phi) is 3.97. The lowest BCUT2D eigenvalue weighted by Crippen LogP contribution is -2.27. The Hall–Kier alpha value is -1.07. The van der Waals surface area contributed by atoms with Crippen molar-refractivity contribution in [2.75, 3.05) is 6.61 Å². The molecule has 0 amide bonds. The Morgan fingerprint density at radius 2 is 2.24 bits per heavy atom. The fraction of sp³-hybridized carbons (Fsp3) is 0.733. The van der Waals surface area contributed by atoms with Gasteiger partial charge in [-0.05, 0) is 33.1 Å². The fourth-order valence-corrected chi connectivity index (χ4v) is 3.46. The lowest BCUT2D eigenvalue weighted by Gasteiger charge is -2.30. The SMILES string of the molecule is CCc1nn(C)c2c1nc(C(C)Cl)n2C1CCOC(C)C1. The minimum Gasteiger partial charge on any atom is -0.378 e.